The molecular weight excluding hydrogens is 299 g/mol. The first kappa shape index (κ1) is 13.8. The van der Waals surface area contributed by atoms with Crippen LogP contribution in [0.2, 0.25) is 10.0 Å². The maximum Gasteiger partial charge on any atom is 0.0992 e. The molecule has 0 aliphatic rings. The molecule has 0 spiro atoms. The van der Waals surface area contributed by atoms with Gasteiger partial charge >= 0.3 is 0 Å². The largest absolute Gasteiger partial charge is 0.192 e. The lowest BCUT2D eigenvalue weighted by atomic mass is 10.2. The van der Waals surface area contributed by atoms with E-state index in [4.69, 9.17) is 33.7 Å². The molecule has 2 aromatic rings. The number of nitriles is 2. The molecule has 0 unspecified atom stereocenters. The molecule has 0 aliphatic heterocycles. The van der Waals surface area contributed by atoms with E-state index in [0.29, 0.717) is 21.2 Å². The lowest BCUT2D eigenvalue weighted by Crippen LogP contribution is -1.81. The van der Waals surface area contributed by atoms with E-state index >= 15 is 0 Å². The quantitative estimate of drug-likeness (QED) is 0.793. The maximum absolute atomic E-state index is 8.78. The van der Waals surface area contributed by atoms with Gasteiger partial charge in [0.1, 0.15) is 0 Å². The van der Waals surface area contributed by atoms with Gasteiger partial charge in [0.2, 0.25) is 0 Å². The van der Waals surface area contributed by atoms with Crippen LogP contribution in [0.4, 0.5) is 0 Å². The van der Waals surface area contributed by atoms with Crippen LogP contribution in [0.25, 0.3) is 0 Å². The second-order valence-corrected chi connectivity index (χ2v) is 5.51. The van der Waals surface area contributed by atoms with Crippen LogP contribution in [-0.4, -0.2) is 0 Å². The number of hydrogen-bond donors (Lipinski definition) is 0. The minimum absolute atomic E-state index is 0.504. The van der Waals surface area contributed by atoms with Crippen LogP contribution >= 0.6 is 35.0 Å². The smallest absolute Gasteiger partial charge is 0.0992 e. The van der Waals surface area contributed by atoms with Gasteiger partial charge in [0.15, 0.2) is 0 Å². The highest BCUT2D eigenvalue weighted by Crippen LogP contribution is 2.37. The molecule has 0 atom stereocenters. The molecule has 19 heavy (non-hydrogen) atoms. The first-order valence-electron chi connectivity index (χ1n) is 5.21. The average Bonchev–Trinajstić information content (AvgIpc) is 2.42. The molecule has 0 aliphatic carbocycles. The summed E-state index contributed by atoms with van der Waals surface area (Å²) in [4.78, 5) is 1.62. The molecule has 0 radical (unpaired) electrons. The van der Waals surface area contributed by atoms with Crippen LogP contribution in [0.15, 0.2) is 46.2 Å². The van der Waals surface area contributed by atoms with Gasteiger partial charge < -0.3 is 0 Å². The van der Waals surface area contributed by atoms with Crippen molar-refractivity contribution in [2.45, 2.75) is 9.79 Å². The molecule has 0 saturated heterocycles. The molecule has 2 nitrogen and oxygen atoms in total. The molecule has 0 heterocycles. The summed E-state index contributed by atoms with van der Waals surface area (Å²) in [5, 5.41) is 18.6. The molecule has 0 N–H and O–H groups in total. The van der Waals surface area contributed by atoms with Crippen molar-refractivity contribution < 1.29 is 0 Å². The number of nitrogens with zero attached hydrogens (tertiary/aromatic N) is 2. The number of hydrogen-bond acceptors (Lipinski definition) is 3. The van der Waals surface area contributed by atoms with Crippen LogP contribution in [0, 0.1) is 22.7 Å². The summed E-state index contributed by atoms with van der Waals surface area (Å²) in [6.07, 6.45) is 0. The van der Waals surface area contributed by atoms with Crippen LogP contribution in [0.1, 0.15) is 11.1 Å². The van der Waals surface area contributed by atoms with E-state index in [-0.39, 0.29) is 0 Å². The normalized spacial score (nSPS) is 9.68. The molecule has 92 valence electrons. The van der Waals surface area contributed by atoms with Gasteiger partial charge in [-0.2, -0.15) is 10.5 Å². The molecule has 0 amide bonds. The molecule has 2 aromatic carbocycles. The fourth-order valence-electron chi connectivity index (χ4n) is 1.42. The second kappa shape index (κ2) is 5.99. The maximum atomic E-state index is 8.78. The van der Waals surface area contributed by atoms with Gasteiger partial charge in [0, 0.05) is 9.79 Å². The summed E-state index contributed by atoms with van der Waals surface area (Å²) in [6.45, 7) is 0. The Morgan fingerprint density at radius 1 is 0.789 bits per heavy atom. The fourth-order valence-corrected chi connectivity index (χ4v) is 2.84. The third kappa shape index (κ3) is 3.22. The molecule has 5 heteroatoms. The Balaban J connectivity index is 2.32. The van der Waals surface area contributed by atoms with Gasteiger partial charge in [0.25, 0.3) is 0 Å². The van der Waals surface area contributed by atoms with Gasteiger partial charge in [0.05, 0.1) is 33.3 Å². The summed E-state index contributed by atoms with van der Waals surface area (Å²) >= 11 is 13.6. The van der Waals surface area contributed by atoms with Gasteiger partial charge in [-0.25, -0.2) is 0 Å². The Bertz CT molecular complexity index is 653. The Labute approximate surface area is 125 Å². The molecule has 0 bridgehead atoms. The Morgan fingerprint density at radius 2 is 1.21 bits per heavy atom. The zero-order valence-corrected chi connectivity index (χ0v) is 11.9. The summed E-state index contributed by atoms with van der Waals surface area (Å²) in [5.74, 6) is 0. The van der Waals surface area contributed by atoms with E-state index in [1.165, 1.54) is 11.8 Å². The third-order valence-electron chi connectivity index (χ3n) is 2.34. The predicted octanol–water partition coefficient (Wildman–Crippen LogP) is 4.89. The Hall–Kier alpha value is -1.65. The predicted molar refractivity (Wildman–Crippen MR) is 76.5 cm³/mol. The molecule has 0 fully saturated rings. The van der Waals surface area contributed by atoms with E-state index in [2.05, 4.69) is 0 Å². The minimum Gasteiger partial charge on any atom is -0.192 e. The van der Waals surface area contributed by atoms with E-state index in [9.17, 15) is 0 Å². The highest BCUT2D eigenvalue weighted by molar-refractivity contribution is 7.99. The molecular formula is C14H6Cl2N2S. The topological polar surface area (TPSA) is 47.6 Å². The summed E-state index contributed by atoms with van der Waals surface area (Å²) < 4.78 is 0. The van der Waals surface area contributed by atoms with Crippen molar-refractivity contribution in [1.82, 2.24) is 0 Å². The van der Waals surface area contributed by atoms with Crippen molar-refractivity contribution in [3.63, 3.8) is 0 Å². The minimum atomic E-state index is 0.504. The third-order valence-corrected chi connectivity index (χ3v) is 4.34. The first-order chi connectivity index (χ1) is 9.13. The van der Waals surface area contributed by atoms with Crippen LogP contribution < -0.4 is 0 Å². The highest BCUT2D eigenvalue weighted by Gasteiger charge is 2.08. The van der Waals surface area contributed by atoms with Crippen molar-refractivity contribution in [2.75, 3.05) is 0 Å². The van der Waals surface area contributed by atoms with Crippen molar-refractivity contribution >= 4 is 35.0 Å². The lowest BCUT2D eigenvalue weighted by molar-refractivity contribution is 1.37. The van der Waals surface area contributed by atoms with Crippen LogP contribution in [0.5, 0.6) is 0 Å². The standard InChI is InChI=1S/C14H6Cl2N2S/c15-11-5-9(7-17)1-3-13(11)19-14-4-2-10(8-18)6-12(14)16/h1-6H. The number of rotatable bonds is 2. The number of benzene rings is 2. The van der Waals surface area contributed by atoms with Gasteiger partial charge in [-0.3, -0.25) is 0 Å². The lowest BCUT2D eigenvalue weighted by Gasteiger charge is -2.06. The van der Waals surface area contributed by atoms with Crippen molar-refractivity contribution in [1.29, 1.82) is 10.5 Å². The van der Waals surface area contributed by atoms with Gasteiger partial charge in [-0.05, 0) is 36.4 Å². The summed E-state index contributed by atoms with van der Waals surface area (Å²) in [5.41, 5.74) is 1.03. The summed E-state index contributed by atoms with van der Waals surface area (Å²) in [6, 6.07) is 14.2. The first-order valence-corrected chi connectivity index (χ1v) is 6.78. The zero-order valence-electron chi connectivity index (χ0n) is 9.52. The van der Waals surface area contributed by atoms with E-state index < -0.39 is 0 Å². The van der Waals surface area contributed by atoms with Gasteiger partial charge in [-0.15, -0.1) is 0 Å². The van der Waals surface area contributed by atoms with E-state index in [0.717, 1.165) is 9.79 Å². The van der Waals surface area contributed by atoms with E-state index in [1.54, 1.807) is 36.4 Å². The molecule has 0 aromatic heterocycles. The highest BCUT2D eigenvalue weighted by atomic mass is 35.5. The fraction of sp³-hybridized carbons (Fsp3) is 0. The monoisotopic (exact) mass is 304 g/mol. The number of halogens is 2. The van der Waals surface area contributed by atoms with Crippen molar-refractivity contribution in [3.8, 4) is 12.1 Å². The van der Waals surface area contributed by atoms with Crippen LogP contribution in [-0.2, 0) is 0 Å². The Morgan fingerprint density at radius 3 is 1.53 bits per heavy atom. The zero-order chi connectivity index (χ0) is 13.8. The molecule has 2 rings (SSSR count). The average molecular weight is 305 g/mol. The second-order valence-electron chi connectivity index (χ2n) is 3.62. The molecule has 0 saturated carbocycles. The Kier molecular flexibility index (Phi) is 4.35. The van der Waals surface area contributed by atoms with Crippen molar-refractivity contribution in [3.05, 3.63) is 57.6 Å². The summed E-state index contributed by atoms with van der Waals surface area (Å²) in [7, 11) is 0. The van der Waals surface area contributed by atoms with Gasteiger partial charge in [-0.1, -0.05) is 35.0 Å². The van der Waals surface area contributed by atoms with Crippen LogP contribution in [0.3, 0.4) is 0 Å². The van der Waals surface area contributed by atoms with E-state index in [1.807, 2.05) is 12.1 Å². The SMILES string of the molecule is N#Cc1ccc(Sc2ccc(C#N)cc2Cl)c(Cl)c1. The van der Waals surface area contributed by atoms with Crippen molar-refractivity contribution in [2.24, 2.45) is 0 Å².